The Morgan fingerprint density at radius 2 is 2.10 bits per heavy atom. The first-order valence-electron chi connectivity index (χ1n) is 7.88. The normalized spacial score (nSPS) is 12.4. The van der Waals surface area contributed by atoms with Crippen LogP contribution in [0.2, 0.25) is 0 Å². The Balaban J connectivity index is 2.98. The molecule has 4 heteroatoms. The SMILES string of the molecule is CCCNCc1cc(F)ccc1N(CCOC)C(C)CC. The molecule has 0 aliphatic rings. The first-order valence-corrected chi connectivity index (χ1v) is 7.88. The summed E-state index contributed by atoms with van der Waals surface area (Å²) in [5.74, 6) is -0.178. The fourth-order valence-electron chi connectivity index (χ4n) is 2.36. The summed E-state index contributed by atoms with van der Waals surface area (Å²) in [4.78, 5) is 2.31. The Hall–Kier alpha value is -1.13. The third kappa shape index (κ3) is 5.64. The molecule has 0 aromatic heterocycles. The topological polar surface area (TPSA) is 24.5 Å². The van der Waals surface area contributed by atoms with E-state index in [-0.39, 0.29) is 5.82 Å². The fraction of sp³-hybridized carbons (Fsp3) is 0.647. The molecule has 0 heterocycles. The Labute approximate surface area is 128 Å². The summed E-state index contributed by atoms with van der Waals surface area (Å²) in [7, 11) is 1.71. The molecule has 1 unspecified atom stereocenters. The summed E-state index contributed by atoms with van der Waals surface area (Å²) in [6.45, 7) is 9.62. The second-order valence-electron chi connectivity index (χ2n) is 5.39. The van der Waals surface area contributed by atoms with Crippen molar-refractivity contribution in [1.82, 2.24) is 5.32 Å². The van der Waals surface area contributed by atoms with E-state index in [2.05, 4.69) is 31.0 Å². The number of ether oxygens (including phenoxy) is 1. The summed E-state index contributed by atoms with van der Waals surface area (Å²) in [6.07, 6.45) is 2.12. The van der Waals surface area contributed by atoms with Crippen LogP contribution in [-0.4, -0.2) is 32.8 Å². The molecule has 0 saturated carbocycles. The van der Waals surface area contributed by atoms with E-state index in [1.54, 1.807) is 19.2 Å². The van der Waals surface area contributed by atoms with Gasteiger partial charge < -0.3 is 15.0 Å². The summed E-state index contributed by atoms with van der Waals surface area (Å²) in [6, 6.07) is 5.47. The van der Waals surface area contributed by atoms with Crippen LogP contribution in [0.25, 0.3) is 0 Å². The summed E-state index contributed by atoms with van der Waals surface area (Å²) >= 11 is 0. The molecule has 1 atom stereocenters. The predicted molar refractivity (Wildman–Crippen MR) is 87.4 cm³/mol. The van der Waals surface area contributed by atoms with Gasteiger partial charge in [0.1, 0.15) is 5.82 Å². The summed E-state index contributed by atoms with van der Waals surface area (Å²) in [5.41, 5.74) is 2.12. The van der Waals surface area contributed by atoms with Crippen LogP contribution in [0, 0.1) is 5.82 Å². The Bertz CT molecular complexity index is 412. The number of hydrogen-bond acceptors (Lipinski definition) is 3. The molecule has 0 fully saturated rings. The number of hydrogen-bond donors (Lipinski definition) is 1. The lowest BCUT2D eigenvalue weighted by atomic mass is 10.1. The van der Waals surface area contributed by atoms with Crippen molar-refractivity contribution in [3.8, 4) is 0 Å². The van der Waals surface area contributed by atoms with E-state index in [1.807, 2.05) is 6.07 Å². The monoisotopic (exact) mass is 296 g/mol. The van der Waals surface area contributed by atoms with Crippen molar-refractivity contribution in [2.75, 3.05) is 31.7 Å². The van der Waals surface area contributed by atoms with E-state index in [1.165, 1.54) is 0 Å². The number of nitrogens with zero attached hydrogens (tertiary/aromatic N) is 1. The third-order valence-electron chi connectivity index (χ3n) is 3.75. The maximum atomic E-state index is 13.6. The van der Waals surface area contributed by atoms with E-state index in [4.69, 9.17) is 4.74 Å². The average molecular weight is 296 g/mol. The molecular formula is C17H29FN2O. The lowest BCUT2D eigenvalue weighted by Crippen LogP contribution is -2.36. The van der Waals surface area contributed by atoms with E-state index < -0.39 is 0 Å². The van der Waals surface area contributed by atoms with Gasteiger partial charge in [-0.1, -0.05) is 13.8 Å². The van der Waals surface area contributed by atoms with Crippen molar-refractivity contribution >= 4 is 5.69 Å². The van der Waals surface area contributed by atoms with Crippen LogP contribution in [0.5, 0.6) is 0 Å². The third-order valence-corrected chi connectivity index (χ3v) is 3.75. The van der Waals surface area contributed by atoms with Gasteiger partial charge in [0.05, 0.1) is 6.61 Å². The Kier molecular flexibility index (Phi) is 8.31. The Morgan fingerprint density at radius 3 is 2.71 bits per heavy atom. The molecule has 1 rings (SSSR count). The minimum Gasteiger partial charge on any atom is -0.383 e. The van der Waals surface area contributed by atoms with Crippen molar-refractivity contribution in [3.05, 3.63) is 29.6 Å². The average Bonchev–Trinajstić information content (AvgIpc) is 2.49. The molecule has 0 saturated heterocycles. The first kappa shape index (κ1) is 17.9. The zero-order valence-electron chi connectivity index (χ0n) is 13.8. The second-order valence-corrected chi connectivity index (χ2v) is 5.39. The Morgan fingerprint density at radius 1 is 1.33 bits per heavy atom. The van der Waals surface area contributed by atoms with Gasteiger partial charge >= 0.3 is 0 Å². The highest BCUT2D eigenvalue weighted by Gasteiger charge is 2.16. The maximum Gasteiger partial charge on any atom is 0.123 e. The highest BCUT2D eigenvalue weighted by atomic mass is 19.1. The van der Waals surface area contributed by atoms with E-state index in [9.17, 15) is 4.39 Å². The molecule has 21 heavy (non-hydrogen) atoms. The van der Waals surface area contributed by atoms with Gasteiger partial charge in [-0.25, -0.2) is 4.39 Å². The highest BCUT2D eigenvalue weighted by molar-refractivity contribution is 5.54. The number of benzene rings is 1. The first-order chi connectivity index (χ1) is 10.1. The lowest BCUT2D eigenvalue weighted by Gasteiger charge is -2.32. The van der Waals surface area contributed by atoms with Gasteiger partial charge in [0.2, 0.25) is 0 Å². The lowest BCUT2D eigenvalue weighted by molar-refractivity contribution is 0.203. The molecule has 3 nitrogen and oxygen atoms in total. The molecule has 1 aromatic carbocycles. The molecule has 0 aliphatic carbocycles. The molecule has 1 aromatic rings. The maximum absolute atomic E-state index is 13.6. The van der Waals surface area contributed by atoms with Gasteiger partial charge in [-0.3, -0.25) is 0 Å². The molecule has 0 spiro atoms. The number of methoxy groups -OCH3 is 1. The molecule has 120 valence electrons. The van der Waals surface area contributed by atoms with Gasteiger partial charge in [-0.05, 0) is 50.1 Å². The molecular weight excluding hydrogens is 267 g/mol. The van der Waals surface area contributed by atoms with Crippen LogP contribution in [0.4, 0.5) is 10.1 Å². The van der Waals surface area contributed by atoms with Crippen molar-refractivity contribution in [2.45, 2.75) is 46.2 Å². The number of halogens is 1. The number of rotatable bonds is 10. The van der Waals surface area contributed by atoms with Crippen LogP contribution in [0.15, 0.2) is 18.2 Å². The van der Waals surface area contributed by atoms with Crippen LogP contribution in [0.1, 0.15) is 39.2 Å². The molecule has 0 bridgehead atoms. The standard InChI is InChI=1S/C17H29FN2O/c1-5-9-19-13-15-12-16(18)7-8-17(15)20(10-11-21-4)14(3)6-2/h7-8,12,14,19H,5-6,9-11,13H2,1-4H3. The largest absolute Gasteiger partial charge is 0.383 e. The van der Waals surface area contributed by atoms with Crippen LogP contribution in [-0.2, 0) is 11.3 Å². The number of nitrogens with one attached hydrogen (secondary N) is 1. The highest BCUT2D eigenvalue weighted by Crippen LogP contribution is 2.24. The minimum absolute atomic E-state index is 0.178. The van der Waals surface area contributed by atoms with Crippen molar-refractivity contribution in [1.29, 1.82) is 0 Å². The van der Waals surface area contributed by atoms with E-state index in [0.29, 0.717) is 19.2 Å². The quantitative estimate of drug-likeness (QED) is 0.668. The van der Waals surface area contributed by atoms with Gasteiger partial charge in [0, 0.05) is 31.9 Å². The fourth-order valence-corrected chi connectivity index (χ4v) is 2.36. The van der Waals surface area contributed by atoms with Crippen molar-refractivity contribution in [2.24, 2.45) is 0 Å². The summed E-state index contributed by atoms with van der Waals surface area (Å²) in [5, 5.41) is 3.36. The van der Waals surface area contributed by atoms with Crippen LogP contribution in [0.3, 0.4) is 0 Å². The van der Waals surface area contributed by atoms with Crippen molar-refractivity contribution < 1.29 is 9.13 Å². The van der Waals surface area contributed by atoms with E-state index >= 15 is 0 Å². The predicted octanol–water partition coefficient (Wildman–Crippen LogP) is 3.58. The van der Waals surface area contributed by atoms with E-state index in [0.717, 1.165) is 37.2 Å². The molecule has 0 radical (unpaired) electrons. The second kappa shape index (κ2) is 9.74. The minimum atomic E-state index is -0.178. The van der Waals surface area contributed by atoms with Gasteiger partial charge in [0.15, 0.2) is 0 Å². The molecule has 0 amide bonds. The van der Waals surface area contributed by atoms with Gasteiger partial charge in [-0.15, -0.1) is 0 Å². The molecule has 1 N–H and O–H groups in total. The van der Waals surface area contributed by atoms with Gasteiger partial charge in [0.25, 0.3) is 0 Å². The zero-order chi connectivity index (χ0) is 15.7. The smallest absolute Gasteiger partial charge is 0.123 e. The molecule has 0 aliphatic heterocycles. The van der Waals surface area contributed by atoms with Crippen LogP contribution >= 0.6 is 0 Å². The van der Waals surface area contributed by atoms with Crippen molar-refractivity contribution in [3.63, 3.8) is 0 Å². The summed E-state index contributed by atoms with van der Waals surface area (Å²) < 4.78 is 18.8. The zero-order valence-corrected chi connectivity index (χ0v) is 13.8. The van der Waals surface area contributed by atoms with Crippen LogP contribution < -0.4 is 10.2 Å². The number of anilines is 1. The van der Waals surface area contributed by atoms with Gasteiger partial charge in [-0.2, -0.15) is 0 Å².